The van der Waals surface area contributed by atoms with Crippen LogP contribution in [0, 0.1) is 0 Å². The highest BCUT2D eigenvalue weighted by molar-refractivity contribution is 7.91. The first-order valence-corrected chi connectivity index (χ1v) is 11.0. The van der Waals surface area contributed by atoms with E-state index >= 15 is 0 Å². The third-order valence-electron chi connectivity index (χ3n) is 4.64. The lowest BCUT2D eigenvalue weighted by atomic mass is 10.0. The molecule has 0 aliphatic carbocycles. The molecule has 3 rings (SSSR count). The van der Waals surface area contributed by atoms with E-state index in [9.17, 15) is 8.42 Å². The van der Waals surface area contributed by atoms with Gasteiger partial charge in [-0.2, -0.15) is 0 Å². The van der Waals surface area contributed by atoms with Crippen molar-refractivity contribution in [2.45, 2.75) is 38.8 Å². The Balaban J connectivity index is 1.75. The smallest absolute Gasteiger partial charge is 0.174 e. The minimum absolute atomic E-state index is 0.127. The van der Waals surface area contributed by atoms with Gasteiger partial charge in [0.15, 0.2) is 14.9 Å². The van der Waals surface area contributed by atoms with Crippen molar-refractivity contribution in [3.05, 3.63) is 54.0 Å². The van der Waals surface area contributed by atoms with Crippen molar-refractivity contribution < 1.29 is 12.8 Å². The SMILES string of the molecule is CC(C)c1ccc(NC(=S)N(Cc2ccco2)[C@H]2CCS(=O)(=O)C2)cc1. The minimum Gasteiger partial charge on any atom is -0.467 e. The Morgan fingerprint density at radius 1 is 1.31 bits per heavy atom. The van der Waals surface area contributed by atoms with Crippen LogP contribution in [0.1, 0.15) is 37.5 Å². The summed E-state index contributed by atoms with van der Waals surface area (Å²) in [6.45, 7) is 4.75. The van der Waals surface area contributed by atoms with E-state index in [1.165, 1.54) is 5.56 Å². The molecule has 5 nitrogen and oxygen atoms in total. The van der Waals surface area contributed by atoms with Crippen molar-refractivity contribution in [3.8, 4) is 0 Å². The maximum atomic E-state index is 11.9. The fourth-order valence-corrected chi connectivity index (χ4v) is 5.17. The van der Waals surface area contributed by atoms with Gasteiger partial charge in [-0.25, -0.2) is 8.42 Å². The van der Waals surface area contributed by atoms with Crippen LogP contribution in [0.15, 0.2) is 47.1 Å². The normalized spacial score (nSPS) is 18.8. The fourth-order valence-electron chi connectivity index (χ4n) is 3.10. The molecule has 0 unspecified atom stereocenters. The topological polar surface area (TPSA) is 62.6 Å². The van der Waals surface area contributed by atoms with Gasteiger partial charge in [-0.1, -0.05) is 26.0 Å². The summed E-state index contributed by atoms with van der Waals surface area (Å²) in [5.41, 5.74) is 2.15. The summed E-state index contributed by atoms with van der Waals surface area (Å²) in [5.74, 6) is 1.56. The molecule has 1 N–H and O–H groups in total. The number of rotatable bonds is 5. The number of sulfone groups is 1. The molecule has 0 spiro atoms. The zero-order chi connectivity index (χ0) is 18.7. The van der Waals surface area contributed by atoms with Gasteiger partial charge >= 0.3 is 0 Å². The number of hydrogen-bond acceptors (Lipinski definition) is 4. The largest absolute Gasteiger partial charge is 0.467 e. The van der Waals surface area contributed by atoms with Crippen molar-refractivity contribution in [1.29, 1.82) is 0 Å². The Kier molecular flexibility index (Phi) is 5.67. The quantitative estimate of drug-likeness (QED) is 0.781. The Labute approximate surface area is 160 Å². The third-order valence-corrected chi connectivity index (χ3v) is 6.73. The molecule has 26 heavy (non-hydrogen) atoms. The predicted octanol–water partition coefficient (Wildman–Crippen LogP) is 3.79. The molecule has 1 fully saturated rings. The second-order valence-corrected chi connectivity index (χ2v) is 9.59. The van der Waals surface area contributed by atoms with Crippen LogP contribution in [-0.4, -0.2) is 36.0 Å². The first-order valence-electron chi connectivity index (χ1n) is 8.74. The maximum Gasteiger partial charge on any atom is 0.174 e. The van der Waals surface area contributed by atoms with E-state index in [1.807, 2.05) is 29.2 Å². The molecular formula is C19H24N2O3S2. The molecule has 1 saturated heterocycles. The second kappa shape index (κ2) is 7.80. The Morgan fingerprint density at radius 2 is 2.04 bits per heavy atom. The molecule has 1 aromatic carbocycles. The van der Waals surface area contributed by atoms with Gasteiger partial charge in [-0.15, -0.1) is 0 Å². The van der Waals surface area contributed by atoms with Crippen LogP contribution in [0.2, 0.25) is 0 Å². The van der Waals surface area contributed by atoms with E-state index < -0.39 is 9.84 Å². The summed E-state index contributed by atoms with van der Waals surface area (Å²) >= 11 is 5.60. The molecule has 1 atom stereocenters. The van der Waals surface area contributed by atoms with E-state index in [2.05, 4.69) is 31.3 Å². The number of benzene rings is 1. The van der Waals surface area contributed by atoms with E-state index in [1.54, 1.807) is 6.26 Å². The number of thiocarbonyl (C=S) groups is 1. The van der Waals surface area contributed by atoms with Crippen LogP contribution in [0.5, 0.6) is 0 Å². The zero-order valence-electron chi connectivity index (χ0n) is 15.0. The Bertz CT molecular complexity index is 843. The molecule has 0 amide bonds. The van der Waals surface area contributed by atoms with Crippen molar-refractivity contribution in [2.75, 3.05) is 16.8 Å². The first kappa shape index (κ1) is 18.9. The molecular weight excluding hydrogens is 368 g/mol. The van der Waals surface area contributed by atoms with Crippen LogP contribution in [-0.2, 0) is 16.4 Å². The summed E-state index contributed by atoms with van der Waals surface area (Å²) in [5, 5.41) is 3.76. The van der Waals surface area contributed by atoms with Crippen LogP contribution < -0.4 is 5.32 Å². The molecule has 7 heteroatoms. The maximum absolute atomic E-state index is 11.9. The standard InChI is InChI=1S/C19H24N2O3S2/c1-14(2)15-5-7-16(8-6-15)20-19(25)21(12-18-4-3-10-24-18)17-9-11-26(22,23)13-17/h3-8,10,14,17H,9,11-13H2,1-2H3,(H,20,25)/t17-/m0/s1. The van der Waals surface area contributed by atoms with Gasteiger partial charge in [0.25, 0.3) is 0 Å². The second-order valence-electron chi connectivity index (χ2n) is 6.97. The van der Waals surface area contributed by atoms with Crippen molar-refractivity contribution in [1.82, 2.24) is 4.90 Å². The average molecular weight is 393 g/mol. The van der Waals surface area contributed by atoms with Crippen LogP contribution in [0.3, 0.4) is 0 Å². The lowest BCUT2D eigenvalue weighted by Gasteiger charge is -2.30. The van der Waals surface area contributed by atoms with Gasteiger partial charge in [0.1, 0.15) is 5.76 Å². The average Bonchev–Trinajstić information content (AvgIpc) is 3.22. The predicted molar refractivity (Wildman–Crippen MR) is 108 cm³/mol. The van der Waals surface area contributed by atoms with Crippen LogP contribution in [0.4, 0.5) is 5.69 Å². The van der Waals surface area contributed by atoms with Gasteiger partial charge in [0, 0.05) is 11.7 Å². The fraction of sp³-hybridized carbons (Fsp3) is 0.421. The summed E-state index contributed by atoms with van der Waals surface area (Å²) in [6, 6.07) is 11.7. The highest BCUT2D eigenvalue weighted by Crippen LogP contribution is 2.23. The molecule has 140 valence electrons. The number of furan rings is 1. The van der Waals surface area contributed by atoms with E-state index in [-0.39, 0.29) is 17.5 Å². The molecule has 1 aliphatic heterocycles. The first-order chi connectivity index (χ1) is 12.3. The number of nitrogens with zero attached hydrogens (tertiary/aromatic N) is 1. The highest BCUT2D eigenvalue weighted by atomic mass is 32.2. The summed E-state index contributed by atoms with van der Waals surface area (Å²) in [6.07, 6.45) is 2.19. The van der Waals surface area contributed by atoms with Crippen LogP contribution >= 0.6 is 12.2 Å². The molecule has 1 aromatic heterocycles. The molecule has 0 radical (unpaired) electrons. The van der Waals surface area contributed by atoms with E-state index in [0.717, 1.165) is 11.4 Å². The lowest BCUT2D eigenvalue weighted by Crippen LogP contribution is -2.42. The molecule has 1 aliphatic rings. The Hall–Kier alpha value is -1.86. The summed E-state index contributed by atoms with van der Waals surface area (Å²) in [7, 11) is -3.00. The van der Waals surface area contributed by atoms with Gasteiger partial charge in [-0.05, 0) is 54.4 Å². The summed E-state index contributed by atoms with van der Waals surface area (Å²) in [4.78, 5) is 1.93. The van der Waals surface area contributed by atoms with Gasteiger partial charge in [-0.3, -0.25) is 0 Å². The summed E-state index contributed by atoms with van der Waals surface area (Å²) < 4.78 is 29.3. The van der Waals surface area contributed by atoms with Crippen molar-refractivity contribution >= 4 is 32.9 Å². The molecule has 2 aromatic rings. The monoisotopic (exact) mass is 392 g/mol. The zero-order valence-corrected chi connectivity index (χ0v) is 16.6. The van der Waals surface area contributed by atoms with Gasteiger partial charge in [0.05, 0.1) is 24.3 Å². The number of hydrogen-bond donors (Lipinski definition) is 1. The van der Waals surface area contributed by atoms with Crippen LogP contribution in [0.25, 0.3) is 0 Å². The lowest BCUT2D eigenvalue weighted by molar-refractivity contribution is 0.302. The van der Waals surface area contributed by atoms with Crippen molar-refractivity contribution in [2.24, 2.45) is 0 Å². The Morgan fingerprint density at radius 3 is 2.58 bits per heavy atom. The van der Waals surface area contributed by atoms with Crippen molar-refractivity contribution in [3.63, 3.8) is 0 Å². The third kappa shape index (κ3) is 4.65. The molecule has 2 heterocycles. The van der Waals surface area contributed by atoms with E-state index in [0.29, 0.717) is 24.0 Å². The van der Waals surface area contributed by atoms with Gasteiger partial charge in [0.2, 0.25) is 0 Å². The highest BCUT2D eigenvalue weighted by Gasteiger charge is 2.34. The van der Waals surface area contributed by atoms with Gasteiger partial charge < -0.3 is 14.6 Å². The number of anilines is 1. The molecule has 0 saturated carbocycles. The number of nitrogens with one attached hydrogen (secondary N) is 1. The molecule has 0 bridgehead atoms. The minimum atomic E-state index is -3.00. The van der Waals surface area contributed by atoms with E-state index in [4.69, 9.17) is 16.6 Å².